The van der Waals surface area contributed by atoms with Crippen molar-refractivity contribution in [3.8, 4) is 11.5 Å². The third-order valence-electron chi connectivity index (χ3n) is 3.68. The Bertz CT molecular complexity index is 447. The fourth-order valence-electron chi connectivity index (χ4n) is 2.38. The minimum Gasteiger partial charge on any atom is -0.494 e. The Morgan fingerprint density at radius 1 is 1.29 bits per heavy atom. The van der Waals surface area contributed by atoms with Crippen LogP contribution in [0.5, 0.6) is 11.5 Å². The molecule has 1 aromatic carbocycles. The first-order valence-electron chi connectivity index (χ1n) is 7.54. The van der Waals surface area contributed by atoms with Crippen molar-refractivity contribution >= 4 is 5.91 Å². The molecule has 2 atom stereocenters. The second-order valence-corrected chi connectivity index (χ2v) is 5.34. The lowest BCUT2D eigenvalue weighted by Gasteiger charge is -2.30. The molecule has 0 aliphatic carbocycles. The van der Waals surface area contributed by atoms with E-state index in [0.29, 0.717) is 18.3 Å². The van der Waals surface area contributed by atoms with Gasteiger partial charge in [-0.1, -0.05) is 6.92 Å². The molecule has 116 valence electrons. The molecule has 1 aromatic rings. The van der Waals surface area contributed by atoms with Gasteiger partial charge < -0.3 is 20.1 Å². The van der Waals surface area contributed by atoms with Crippen molar-refractivity contribution in [2.24, 2.45) is 5.92 Å². The molecule has 0 bridgehead atoms. The van der Waals surface area contributed by atoms with Gasteiger partial charge in [0, 0.05) is 12.6 Å². The van der Waals surface area contributed by atoms with E-state index in [-0.39, 0.29) is 18.6 Å². The summed E-state index contributed by atoms with van der Waals surface area (Å²) >= 11 is 0. The number of carbonyl (C=O) groups excluding carboxylic acids is 1. The van der Waals surface area contributed by atoms with Crippen molar-refractivity contribution in [3.63, 3.8) is 0 Å². The average molecular weight is 292 g/mol. The van der Waals surface area contributed by atoms with Crippen LogP contribution in [-0.2, 0) is 4.79 Å². The number of ether oxygens (including phenoxy) is 2. The molecular weight excluding hydrogens is 268 g/mol. The first kappa shape index (κ1) is 15.6. The molecule has 0 aromatic heterocycles. The van der Waals surface area contributed by atoms with E-state index in [1.807, 2.05) is 31.2 Å². The Morgan fingerprint density at radius 3 is 2.57 bits per heavy atom. The fourth-order valence-corrected chi connectivity index (χ4v) is 2.38. The van der Waals surface area contributed by atoms with Gasteiger partial charge in [-0.2, -0.15) is 0 Å². The Morgan fingerprint density at radius 2 is 1.95 bits per heavy atom. The van der Waals surface area contributed by atoms with Crippen LogP contribution in [0.15, 0.2) is 24.3 Å². The van der Waals surface area contributed by atoms with Crippen LogP contribution in [0.1, 0.15) is 20.3 Å². The predicted octanol–water partition coefficient (Wildman–Crippen LogP) is 1.58. The van der Waals surface area contributed by atoms with E-state index in [4.69, 9.17) is 9.47 Å². The van der Waals surface area contributed by atoms with Gasteiger partial charge in [0.15, 0.2) is 6.61 Å². The number of piperidine rings is 1. The average Bonchev–Trinajstić information content (AvgIpc) is 2.49. The number of hydrogen-bond donors (Lipinski definition) is 2. The number of benzene rings is 1. The standard InChI is InChI=1S/C16H24N2O3/c1-3-20-13-4-6-14(7-5-13)21-11-16(19)18-15-10-17-9-8-12(15)2/h4-7,12,15,17H,3,8-11H2,1-2H3,(H,18,19). The maximum atomic E-state index is 11.9. The molecule has 5 heteroatoms. The smallest absolute Gasteiger partial charge is 0.258 e. The molecule has 2 rings (SSSR count). The van der Waals surface area contributed by atoms with Gasteiger partial charge in [-0.25, -0.2) is 0 Å². The predicted molar refractivity (Wildman–Crippen MR) is 81.7 cm³/mol. The maximum absolute atomic E-state index is 11.9. The molecule has 1 aliphatic heterocycles. The maximum Gasteiger partial charge on any atom is 0.258 e. The summed E-state index contributed by atoms with van der Waals surface area (Å²) in [5, 5.41) is 6.31. The molecule has 1 fully saturated rings. The second-order valence-electron chi connectivity index (χ2n) is 5.34. The van der Waals surface area contributed by atoms with Crippen molar-refractivity contribution in [2.45, 2.75) is 26.3 Å². The van der Waals surface area contributed by atoms with E-state index in [0.717, 1.165) is 25.3 Å². The van der Waals surface area contributed by atoms with E-state index in [1.54, 1.807) is 0 Å². The number of nitrogens with one attached hydrogen (secondary N) is 2. The van der Waals surface area contributed by atoms with E-state index in [2.05, 4.69) is 17.6 Å². The van der Waals surface area contributed by atoms with Crippen LogP contribution in [0.3, 0.4) is 0 Å². The van der Waals surface area contributed by atoms with E-state index < -0.39 is 0 Å². The summed E-state index contributed by atoms with van der Waals surface area (Å²) in [6.07, 6.45) is 1.09. The molecule has 1 heterocycles. The number of rotatable bonds is 6. The first-order chi connectivity index (χ1) is 10.2. The van der Waals surface area contributed by atoms with Crippen molar-refractivity contribution in [1.29, 1.82) is 0 Å². The molecule has 1 saturated heterocycles. The van der Waals surface area contributed by atoms with Crippen molar-refractivity contribution in [2.75, 3.05) is 26.3 Å². The summed E-state index contributed by atoms with van der Waals surface area (Å²) in [5.41, 5.74) is 0. The SMILES string of the molecule is CCOc1ccc(OCC(=O)NC2CNCCC2C)cc1. The topological polar surface area (TPSA) is 59.6 Å². The molecule has 0 spiro atoms. The van der Waals surface area contributed by atoms with Crippen LogP contribution in [0.2, 0.25) is 0 Å². The quantitative estimate of drug-likeness (QED) is 0.836. The summed E-state index contributed by atoms with van der Waals surface area (Å²) in [5.74, 6) is 1.89. The van der Waals surface area contributed by atoms with E-state index in [9.17, 15) is 4.79 Å². The summed E-state index contributed by atoms with van der Waals surface area (Å²) in [7, 11) is 0. The van der Waals surface area contributed by atoms with E-state index >= 15 is 0 Å². The van der Waals surface area contributed by atoms with Crippen LogP contribution < -0.4 is 20.1 Å². The second kappa shape index (κ2) is 7.88. The van der Waals surface area contributed by atoms with Gasteiger partial charge in [0.25, 0.3) is 5.91 Å². The van der Waals surface area contributed by atoms with Gasteiger partial charge in [-0.05, 0) is 50.1 Å². The van der Waals surface area contributed by atoms with Gasteiger partial charge in [0.1, 0.15) is 11.5 Å². The minimum absolute atomic E-state index is 0.0389. The summed E-state index contributed by atoms with van der Waals surface area (Å²) < 4.78 is 10.8. The van der Waals surface area contributed by atoms with Crippen molar-refractivity contribution < 1.29 is 14.3 Å². The molecule has 1 amide bonds. The van der Waals surface area contributed by atoms with E-state index in [1.165, 1.54) is 0 Å². The van der Waals surface area contributed by atoms with Crippen LogP contribution in [0.25, 0.3) is 0 Å². The zero-order valence-corrected chi connectivity index (χ0v) is 12.7. The highest BCUT2D eigenvalue weighted by Gasteiger charge is 2.22. The molecular formula is C16H24N2O3. The lowest BCUT2D eigenvalue weighted by molar-refractivity contribution is -0.124. The monoisotopic (exact) mass is 292 g/mol. The summed E-state index contributed by atoms with van der Waals surface area (Å²) in [4.78, 5) is 11.9. The lowest BCUT2D eigenvalue weighted by Crippen LogP contribution is -2.51. The zero-order valence-electron chi connectivity index (χ0n) is 12.7. The Hall–Kier alpha value is -1.75. The van der Waals surface area contributed by atoms with Crippen LogP contribution in [0.4, 0.5) is 0 Å². The highest BCUT2D eigenvalue weighted by atomic mass is 16.5. The van der Waals surface area contributed by atoms with Gasteiger partial charge >= 0.3 is 0 Å². The molecule has 5 nitrogen and oxygen atoms in total. The Balaban J connectivity index is 1.75. The Labute approximate surface area is 126 Å². The molecule has 2 unspecified atom stereocenters. The van der Waals surface area contributed by atoms with Gasteiger partial charge in [0.05, 0.1) is 6.61 Å². The van der Waals surface area contributed by atoms with Gasteiger partial charge in [-0.3, -0.25) is 4.79 Å². The van der Waals surface area contributed by atoms with Crippen molar-refractivity contribution in [1.82, 2.24) is 10.6 Å². The Kier molecular flexibility index (Phi) is 5.87. The normalized spacial score (nSPS) is 21.6. The number of carbonyl (C=O) groups is 1. The fraction of sp³-hybridized carbons (Fsp3) is 0.562. The first-order valence-corrected chi connectivity index (χ1v) is 7.54. The molecule has 21 heavy (non-hydrogen) atoms. The van der Waals surface area contributed by atoms with Gasteiger partial charge in [-0.15, -0.1) is 0 Å². The number of amides is 1. The van der Waals surface area contributed by atoms with Crippen LogP contribution >= 0.6 is 0 Å². The molecule has 0 saturated carbocycles. The highest BCUT2D eigenvalue weighted by Crippen LogP contribution is 2.17. The van der Waals surface area contributed by atoms with Gasteiger partial charge in [0.2, 0.25) is 0 Å². The van der Waals surface area contributed by atoms with Crippen LogP contribution in [0, 0.1) is 5.92 Å². The molecule has 1 aliphatic rings. The zero-order chi connectivity index (χ0) is 15.1. The minimum atomic E-state index is -0.0792. The summed E-state index contributed by atoms with van der Waals surface area (Å²) in [6, 6.07) is 7.48. The lowest BCUT2D eigenvalue weighted by atomic mass is 9.95. The third-order valence-corrected chi connectivity index (χ3v) is 3.68. The summed E-state index contributed by atoms with van der Waals surface area (Å²) in [6.45, 7) is 6.63. The largest absolute Gasteiger partial charge is 0.494 e. The molecule has 0 radical (unpaired) electrons. The third kappa shape index (κ3) is 4.93. The van der Waals surface area contributed by atoms with Crippen molar-refractivity contribution in [3.05, 3.63) is 24.3 Å². The number of hydrogen-bond acceptors (Lipinski definition) is 4. The van der Waals surface area contributed by atoms with Crippen LogP contribution in [-0.4, -0.2) is 38.3 Å². The molecule has 2 N–H and O–H groups in total. The highest BCUT2D eigenvalue weighted by molar-refractivity contribution is 5.77.